The van der Waals surface area contributed by atoms with Crippen molar-refractivity contribution in [3.05, 3.63) is 23.8 Å². The number of hydrogen-bond donors (Lipinski definition) is 3. The quantitative estimate of drug-likeness (QED) is 0.703. The molecule has 2 aliphatic rings. The summed E-state index contributed by atoms with van der Waals surface area (Å²) in [5, 5.41) is 2.74. The monoisotopic (exact) mass is 353 g/mol. The summed E-state index contributed by atoms with van der Waals surface area (Å²) >= 11 is 0. The van der Waals surface area contributed by atoms with Crippen LogP contribution >= 0.6 is 0 Å². The zero-order chi connectivity index (χ0) is 17.3. The lowest BCUT2D eigenvalue weighted by atomic mass is 10.2. The number of carbonyl (C=O) groups excluding carboxylic acids is 1. The minimum atomic E-state index is -3.57. The first-order chi connectivity index (χ1) is 11.4. The van der Waals surface area contributed by atoms with E-state index >= 15 is 0 Å². The number of benzene rings is 1. The highest BCUT2D eigenvalue weighted by atomic mass is 32.2. The maximum absolute atomic E-state index is 12.4. The van der Waals surface area contributed by atoms with Gasteiger partial charge in [0.2, 0.25) is 10.0 Å². The van der Waals surface area contributed by atoms with Gasteiger partial charge in [-0.05, 0) is 50.3 Å². The molecule has 0 bridgehead atoms. The highest BCUT2D eigenvalue weighted by molar-refractivity contribution is 7.89. The molecule has 24 heavy (non-hydrogen) atoms. The fraction of sp³-hybridized carbons (Fsp3) is 0.562. The van der Waals surface area contributed by atoms with E-state index in [0.29, 0.717) is 24.2 Å². The Hall–Kier alpha value is -1.48. The molecule has 0 aromatic heterocycles. The zero-order valence-corrected chi connectivity index (χ0v) is 14.4. The summed E-state index contributed by atoms with van der Waals surface area (Å²) in [6, 6.07) is 4.91. The summed E-state index contributed by atoms with van der Waals surface area (Å²) < 4.78 is 33.1. The molecule has 4 N–H and O–H groups in total. The minimum absolute atomic E-state index is 0.0349. The average Bonchev–Trinajstić information content (AvgIpc) is 3.20. The van der Waals surface area contributed by atoms with Gasteiger partial charge in [-0.25, -0.2) is 13.1 Å². The molecule has 1 saturated heterocycles. The predicted octanol–water partition coefficient (Wildman–Crippen LogP) is 0.881. The summed E-state index contributed by atoms with van der Waals surface area (Å²) in [6.45, 7) is 2.13. The molecule has 1 aromatic carbocycles. The number of nitrogens with one attached hydrogen (secondary N) is 2. The molecule has 2 atom stereocenters. The maximum atomic E-state index is 12.4. The Morgan fingerprint density at radius 2 is 2.04 bits per heavy atom. The first-order valence-electron chi connectivity index (χ1n) is 8.18. The van der Waals surface area contributed by atoms with Crippen molar-refractivity contribution in [2.45, 2.75) is 55.8 Å². The number of sulfonamides is 1. The molecule has 0 radical (unpaired) electrons. The lowest BCUT2D eigenvalue weighted by molar-refractivity contribution is -0.126. The Kier molecular flexibility index (Phi) is 4.91. The second kappa shape index (κ2) is 6.79. The van der Waals surface area contributed by atoms with E-state index < -0.39 is 16.1 Å². The van der Waals surface area contributed by atoms with Crippen molar-refractivity contribution in [1.82, 2.24) is 4.72 Å². The van der Waals surface area contributed by atoms with E-state index in [-0.39, 0.29) is 22.9 Å². The average molecular weight is 353 g/mol. The van der Waals surface area contributed by atoms with Crippen LogP contribution in [0.3, 0.4) is 0 Å². The van der Waals surface area contributed by atoms with Crippen LogP contribution in [0.2, 0.25) is 0 Å². The van der Waals surface area contributed by atoms with Gasteiger partial charge in [-0.3, -0.25) is 4.79 Å². The van der Waals surface area contributed by atoms with Crippen molar-refractivity contribution in [3.63, 3.8) is 0 Å². The largest absolute Gasteiger partial charge is 0.364 e. The molecular weight excluding hydrogens is 330 g/mol. The third-order valence-electron chi connectivity index (χ3n) is 4.31. The first kappa shape index (κ1) is 17.3. The number of hydrogen-bond acceptors (Lipinski definition) is 5. The minimum Gasteiger partial charge on any atom is -0.364 e. The van der Waals surface area contributed by atoms with Crippen LogP contribution in [0.5, 0.6) is 0 Å². The Morgan fingerprint density at radius 3 is 2.67 bits per heavy atom. The van der Waals surface area contributed by atoms with Gasteiger partial charge in [0.15, 0.2) is 0 Å². The van der Waals surface area contributed by atoms with Gasteiger partial charge < -0.3 is 15.8 Å². The molecule has 1 aromatic rings. The number of anilines is 1. The number of aryl methyl sites for hydroxylation is 1. The molecule has 1 heterocycles. The van der Waals surface area contributed by atoms with Gasteiger partial charge in [0.05, 0.1) is 11.0 Å². The third-order valence-corrected chi connectivity index (χ3v) is 5.97. The van der Waals surface area contributed by atoms with Gasteiger partial charge >= 0.3 is 0 Å². The number of nitrogens with two attached hydrogens (primary N) is 1. The molecule has 0 unspecified atom stereocenters. The molecular formula is C16H23N3O4S. The van der Waals surface area contributed by atoms with Crippen molar-refractivity contribution in [3.8, 4) is 0 Å². The van der Waals surface area contributed by atoms with Crippen molar-refractivity contribution >= 4 is 21.6 Å². The topological polar surface area (TPSA) is 111 Å². The van der Waals surface area contributed by atoms with Gasteiger partial charge in [0, 0.05) is 18.3 Å². The van der Waals surface area contributed by atoms with Gasteiger partial charge in [-0.2, -0.15) is 0 Å². The summed E-state index contributed by atoms with van der Waals surface area (Å²) in [4.78, 5) is 12.5. The first-order valence-corrected chi connectivity index (χ1v) is 9.67. The zero-order valence-electron chi connectivity index (χ0n) is 13.6. The molecule has 1 aliphatic heterocycles. The number of carbonyl (C=O) groups is 1. The van der Waals surface area contributed by atoms with Crippen LogP contribution < -0.4 is 15.8 Å². The van der Waals surface area contributed by atoms with Crippen LogP contribution in [0.15, 0.2) is 23.1 Å². The molecule has 0 spiro atoms. The van der Waals surface area contributed by atoms with Gasteiger partial charge in [-0.1, -0.05) is 6.07 Å². The molecule has 8 heteroatoms. The molecule has 1 saturated carbocycles. The molecule has 1 aliphatic carbocycles. The van der Waals surface area contributed by atoms with Crippen molar-refractivity contribution in [2.24, 2.45) is 5.73 Å². The Bertz CT molecular complexity index is 731. The SMILES string of the molecule is Cc1ccc(NC(=O)[C@@H]2CC[C@H](CN)O2)cc1S(=O)(=O)NC1CC1. The molecule has 7 nitrogen and oxygen atoms in total. The van der Waals surface area contributed by atoms with Crippen LogP contribution in [0.4, 0.5) is 5.69 Å². The van der Waals surface area contributed by atoms with E-state index in [0.717, 1.165) is 19.3 Å². The van der Waals surface area contributed by atoms with E-state index in [1.54, 1.807) is 19.1 Å². The molecule has 1 amide bonds. The predicted molar refractivity (Wildman–Crippen MR) is 90.1 cm³/mol. The highest BCUT2D eigenvalue weighted by Crippen LogP contribution is 2.26. The van der Waals surface area contributed by atoms with Crippen LogP contribution in [-0.2, 0) is 19.6 Å². The van der Waals surface area contributed by atoms with Crippen molar-refractivity contribution < 1.29 is 17.9 Å². The Morgan fingerprint density at radius 1 is 1.29 bits per heavy atom. The standard InChI is InChI=1S/C16H23N3O4S/c1-10-2-3-12(8-15(10)24(21,22)19-11-4-5-11)18-16(20)14-7-6-13(9-17)23-14/h2-3,8,11,13-14,19H,4-7,9,17H2,1H3,(H,18,20)/t13-,14+/m1/s1. The summed E-state index contributed by atoms with van der Waals surface area (Å²) in [5.41, 5.74) is 6.63. The molecule has 3 rings (SSSR count). The second-order valence-corrected chi connectivity index (χ2v) is 8.11. The van der Waals surface area contributed by atoms with E-state index in [1.165, 1.54) is 6.07 Å². The van der Waals surface area contributed by atoms with E-state index in [2.05, 4.69) is 10.0 Å². The fourth-order valence-corrected chi connectivity index (χ4v) is 4.32. The number of amides is 1. The summed E-state index contributed by atoms with van der Waals surface area (Å²) in [5.74, 6) is -0.270. The lowest BCUT2D eigenvalue weighted by Crippen LogP contribution is -2.30. The van der Waals surface area contributed by atoms with Crippen molar-refractivity contribution in [1.29, 1.82) is 0 Å². The maximum Gasteiger partial charge on any atom is 0.253 e. The van der Waals surface area contributed by atoms with Crippen LogP contribution in [0, 0.1) is 6.92 Å². The van der Waals surface area contributed by atoms with Crippen LogP contribution in [0.25, 0.3) is 0 Å². The van der Waals surface area contributed by atoms with Gasteiger partial charge in [0.25, 0.3) is 5.91 Å². The third kappa shape index (κ3) is 3.94. The second-order valence-electron chi connectivity index (χ2n) is 6.42. The van der Waals surface area contributed by atoms with E-state index in [1.807, 2.05) is 0 Å². The van der Waals surface area contributed by atoms with Gasteiger partial charge in [0.1, 0.15) is 6.10 Å². The van der Waals surface area contributed by atoms with E-state index in [4.69, 9.17) is 10.5 Å². The number of ether oxygens (including phenoxy) is 1. The lowest BCUT2D eigenvalue weighted by Gasteiger charge is -2.14. The van der Waals surface area contributed by atoms with Gasteiger partial charge in [-0.15, -0.1) is 0 Å². The number of rotatable bonds is 6. The van der Waals surface area contributed by atoms with Crippen molar-refractivity contribution in [2.75, 3.05) is 11.9 Å². The fourth-order valence-electron chi connectivity index (χ4n) is 2.75. The summed E-state index contributed by atoms with van der Waals surface area (Å²) in [7, 11) is -3.57. The smallest absolute Gasteiger partial charge is 0.253 e. The Labute approximate surface area is 142 Å². The molecule has 2 fully saturated rings. The normalized spacial score (nSPS) is 24.1. The summed E-state index contributed by atoms with van der Waals surface area (Å²) in [6.07, 6.45) is 2.50. The van der Waals surface area contributed by atoms with E-state index in [9.17, 15) is 13.2 Å². The molecule has 132 valence electrons. The van der Waals surface area contributed by atoms with Crippen LogP contribution in [-0.4, -0.2) is 39.1 Å². The Balaban J connectivity index is 1.72. The van der Waals surface area contributed by atoms with Crippen LogP contribution in [0.1, 0.15) is 31.2 Å². The highest BCUT2D eigenvalue weighted by Gasteiger charge is 2.31.